The van der Waals surface area contributed by atoms with Gasteiger partial charge in [0.05, 0.1) is 12.8 Å². The van der Waals surface area contributed by atoms with Crippen LogP contribution in [0.15, 0.2) is 6.20 Å². The maximum atomic E-state index is 13.1. The fourth-order valence-electron chi connectivity index (χ4n) is 1.02. The average Bonchev–Trinajstić information content (AvgIpc) is 2.34. The molecular formula is C10H15FN2O4. The second-order valence-corrected chi connectivity index (χ2v) is 2.95. The minimum absolute atomic E-state index is 0.00829. The molecule has 0 unspecified atom stereocenters. The number of rotatable bonds is 7. The van der Waals surface area contributed by atoms with Gasteiger partial charge in [0.25, 0.3) is 5.88 Å². The van der Waals surface area contributed by atoms with Crippen LogP contribution in [0.2, 0.25) is 0 Å². The molecule has 96 valence electrons. The quantitative estimate of drug-likeness (QED) is 0.669. The molecule has 0 saturated heterocycles. The highest BCUT2D eigenvalue weighted by atomic mass is 19.1. The molecule has 0 aliphatic heterocycles. The number of hydrogen-bond donors (Lipinski definition) is 0. The van der Waals surface area contributed by atoms with E-state index >= 15 is 0 Å². The lowest BCUT2D eigenvalue weighted by Crippen LogP contribution is -2.22. The van der Waals surface area contributed by atoms with Gasteiger partial charge in [-0.05, 0) is 6.92 Å². The summed E-state index contributed by atoms with van der Waals surface area (Å²) < 4.78 is 33.1. The van der Waals surface area contributed by atoms with Crippen molar-refractivity contribution in [2.75, 3.05) is 27.4 Å². The number of hydrogen-bond acceptors (Lipinski definition) is 6. The first-order chi connectivity index (χ1) is 8.21. The van der Waals surface area contributed by atoms with Crippen LogP contribution in [0.4, 0.5) is 4.39 Å². The second-order valence-electron chi connectivity index (χ2n) is 2.95. The predicted molar refractivity (Wildman–Crippen MR) is 56.5 cm³/mol. The second kappa shape index (κ2) is 6.97. The van der Waals surface area contributed by atoms with Gasteiger partial charge in [-0.2, -0.15) is 9.37 Å². The molecule has 1 rings (SSSR count). The zero-order chi connectivity index (χ0) is 12.7. The Morgan fingerprint density at radius 3 is 2.59 bits per heavy atom. The zero-order valence-electron chi connectivity index (χ0n) is 9.97. The van der Waals surface area contributed by atoms with E-state index in [1.165, 1.54) is 14.2 Å². The summed E-state index contributed by atoms with van der Waals surface area (Å²) in [4.78, 5) is 7.42. The molecule has 0 aliphatic rings. The van der Waals surface area contributed by atoms with E-state index in [1.807, 2.05) is 0 Å². The van der Waals surface area contributed by atoms with E-state index in [0.717, 1.165) is 6.20 Å². The van der Waals surface area contributed by atoms with Crippen LogP contribution in [-0.2, 0) is 9.47 Å². The van der Waals surface area contributed by atoms with Gasteiger partial charge < -0.3 is 18.9 Å². The lowest BCUT2D eigenvalue weighted by atomic mass is 10.6. The molecule has 0 fully saturated rings. The van der Waals surface area contributed by atoms with Crippen molar-refractivity contribution in [2.45, 2.75) is 13.2 Å². The van der Waals surface area contributed by atoms with E-state index in [1.54, 1.807) is 6.92 Å². The van der Waals surface area contributed by atoms with E-state index in [9.17, 15) is 4.39 Å². The van der Waals surface area contributed by atoms with E-state index in [4.69, 9.17) is 18.9 Å². The zero-order valence-corrected chi connectivity index (χ0v) is 9.97. The van der Waals surface area contributed by atoms with Crippen molar-refractivity contribution in [3.05, 3.63) is 12.0 Å². The first-order valence-corrected chi connectivity index (χ1v) is 5.05. The summed E-state index contributed by atoms with van der Waals surface area (Å²) in [7, 11) is 2.96. The summed E-state index contributed by atoms with van der Waals surface area (Å²) in [6.45, 7) is 2.14. The fraction of sp³-hybridized carbons (Fsp3) is 0.600. The summed E-state index contributed by atoms with van der Waals surface area (Å²) in [6.07, 6.45) is 0.460. The van der Waals surface area contributed by atoms with Crippen molar-refractivity contribution in [2.24, 2.45) is 0 Å². The molecule has 1 heterocycles. The molecule has 0 N–H and O–H groups in total. The van der Waals surface area contributed by atoms with Crippen LogP contribution in [0, 0.1) is 5.82 Å². The molecule has 0 aliphatic carbocycles. The van der Waals surface area contributed by atoms with Gasteiger partial charge >= 0.3 is 6.01 Å². The molecule has 0 amide bonds. The lowest BCUT2D eigenvalue weighted by molar-refractivity contribution is -0.123. The molecule has 17 heavy (non-hydrogen) atoms. The van der Waals surface area contributed by atoms with E-state index in [-0.39, 0.29) is 18.5 Å². The Bertz CT molecular complexity index is 347. The number of halogens is 1. The predicted octanol–water partition coefficient (Wildman–Crippen LogP) is 1.01. The van der Waals surface area contributed by atoms with Gasteiger partial charge in [0, 0.05) is 14.2 Å². The topological polar surface area (TPSA) is 62.7 Å². The Morgan fingerprint density at radius 1 is 1.29 bits per heavy atom. The molecule has 0 radical (unpaired) electrons. The maximum Gasteiger partial charge on any atom is 0.320 e. The lowest BCUT2D eigenvalue weighted by Gasteiger charge is -2.13. The van der Waals surface area contributed by atoms with Gasteiger partial charge in [0.1, 0.15) is 6.61 Å². The third-order valence-electron chi connectivity index (χ3n) is 1.85. The van der Waals surface area contributed by atoms with Crippen LogP contribution in [0.25, 0.3) is 0 Å². The van der Waals surface area contributed by atoms with Crippen molar-refractivity contribution >= 4 is 0 Å². The van der Waals surface area contributed by atoms with Crippen molar-refractivity contribution in [3.63, 3.8) is 0 Å². The molecule has 1 aromatic heterocycles. The summed E-state index contributed by atoms with van der Waals surface area (Å²) >= 11 is 0. The highest BCUT2D eigenvalue weighted by Crippen LogP contribution is 2.15. The van der Waals surface area contributed by atoms with Crippen LogP contribution in [-0.4, -0.2) is 43.7 Å². The Morgan fingerprint density at radius 2 is 2.00 bits per heavy atom. The monoisotopic (exact) mass is 246 g/mol. The van der Waals surface area contributed by atoms with E-state index in [2.05, 4.69) is 9.97 Å². The van der Waals surface area contributed by atoms with Gasteiger partial charge in [-0.25, -0.2) is 4.98 Å². The number of nitrogens with zero attached hydrogens (tertiary/aromatic N) is 2. The standard InChI is InChI=1S/C10H15FN2O4/c1-4-16-9-7(11)5-12-10(13-9)17-6-8(14-2)15-3/h5,8H,4,6H2,1-3H3. The minimum atomic E-state index is -0.630. The summed E-state index contributed by atoms with van der Waals surface area (Å²) in [5.41, 5.74) is 0. The third-order valence-corrected chi connectivity index (χ3v) is 1.85. The van der Waals surface area contributed by atoms with Gasteiger partial charge in [-0.15, -0.1) is 0 Å². The van der Waals surface area contributed by atoms with Crippen molar-refractivity contribution in [1.82, 2.24) is 9.97 Å². The van der Waals surface area contributed by atoms with E-state index < -0.39 is 12.1 Å². The Kier molecular flexibility index (Phi) is 5.58. The van der Waals surface area contributed by atoms with Crippen LogP contribution in [0.1, 0.15) is 6.92 Å². The number of methoxy groups -OCH3 is 2. The van der Waals surface area contributed by atoms with Gasteiger partial charge in [-0.3, -0.25) is 0 Å². The fourth-order valence-corrected chi connectivity index (χ4v) is 1.02. The maximum absolute atomic E-state index is 13.1. The molecule has 0 spiro atoms. The molecule has 1 aromatic rings. The average molecular weight is 246 g/mol. The van der Waals surface area contributed by atoms with Crippen molar-refractivity contribution in [1.29, 1.82) is 0 Å². The third kappa shape index (κ3) is 4.12. The Balaban J connectivity index is 2.62. The van der Waals surface area contributed by atoms with E-state index in [0.29, 0.717) is 6.61 Å². The normalized spacial score (nSPS) is 10.6. The van der Waals surface area contributed by atoms with Crippen molar-refractivity contribution in [3.8, 4) is 11.9 Å². The van der Waals surface area contributed by atoms with Crippen molar-refractivity contribution < 1.29 is 23.3 Å². The van der Waals surface area contributed by atoms with Crippen LogP contribution in [0.5, 0.6) is 11.9 Å². The molecule has 0 bridgehead atoms. The van der Waals surface area contributed by atoms with Gasteiger partial charge in [0.2, 0.25) is 5.82 Å². The molecule has 0 atom stereocenters. The number of ether oxygens (including phenoxy) is 4. The molecule has 0 saturated carbocycles. The minimum Gasteiger partial charge on any atom is -0.476 e. The summed E-state index contributed by atoms with van der Waals surface area (Å²) in [5.74, 6) is -0.766. The summed E-state index contributed by atoms with van der Waals surface area (Å²) in [5, 5.41) is 0. The molecule has 0 aromatic carbocycles. The highest BCUT2D eigenvalue weighted by Gasteiger charge is 2.11. The smallest absolute Gasteiger partial charge is 0.320 e. The SMILES string of the molecule is CCOc1nc(OCC(OC)OC)ncc1F. The Hall–Kier alpha value is -1.47. The molecule has 6 nitrogen and oxygen atoms in total. The first-order valence-electron chi connectivity index (χ1n) is 5.05. The Labute approximate surface area is 98.7 Å². The highest BCUT2D eigenvalue weighted by molar-refractivity contribution is 5.13. The molecular weight excluding hydrogens is 231 g/mol. The number of aromatic nitrogens is 2. The van der Waals surface area contributed by atoms with Crippen LogP contribution in [0.3, 0.4) is 0 Å². The first kappa shape index (κ1) is 13.6. The van der Waals surface area contributed by atoms with Gasteiger partial charge in [0.15, 0.2) is 6.29 Å². The van der Waals surface area contributed by atoms with Gasteiger partial charge in [-0.1, -0.05) is 0 Å². The summed E-state index contributed by atoms with van der Waals surface area (Å²) in [6, 6.07) is 0.00829. The largest absolute Gasteiger partial charge is 0.476 e. The van der Waals surface area contributed by atoms with Crippen LogP contribution >= 0.6 is 0 Å². The van der Waals surface area contributed by atoms with Crippen LogP contribution < -0.4 is 9.47 Å². The molecule has 7 heteroatoms.